The summed E-state index contributed by atoms with van der Waals surface area (Å²) in [6.07, 6.45) is 2.17. The van der Waals surface area contributed by atoms with E-state index in [2.05, 4.69) is 34.6 Å². The maximum absolute atomic E-state index is 5.63. The van der Waals surface area contributed by atoms with Crippen molar-refractivity contribution in [3.05, 3.63) is 30.0 Å². The van der Waals surface area contributed by atoms with Gasteiger partial charge in [0.1, 0.15) is 0 Å². The van der Waals surface area contributed by atoms with Crippen LogP contribution in [-0.2, 0) is 0 Å². The summed E-state index contributed by atoms with van der Waals surface area (Å²) in [6, 6.07) is 8.24. The van der Waals surface area contributed by atoms with E-state index in [1.165, 1.54) is 0 Å². The smallest absolute Gasteiger partial charge is 0.156 e. The number of hydrogen-bond donors (Lipinski definition) is 2. The predicted octanol–water partition coefficient (Wildman–Crippen LogP) is 2.73. The Morgan fingerprint density at radius 3 is 2.63 bits per heavy atom. The minimum absolute atomic E-state index is 0.590. The van der Waals surface area contributed by atoms with E-state index in [0.29, 0.717) is 5.92 Å². The van der Waals surface area contributed by atoms with E-state index < -0.39 is 0 Å². The molecule has 0 fully saturated rings. The summed E-state index contributed by atoms with van der Waals surface area (Å²) in [5.74, 6) is 1.46. The zero-order valence-electron chi connectivity index (χ0n) is 11.7. The number of anilines is 1. The molecule has 2 aromatic rings. The second-order valence-corrected chi connectivity index (χ2v) is 4.91. The molecule has 0 saturated carbocycles. The molecule has 4 heteroatoms. The van der Waals surface area contributed by atoms with Crippen LogP contribution in [0.1, 0.15) is 25.5 Å². The molecular weight excluding hydrogens is 236 g/mol. The number of nitrogens with zero attached hydrogens (tertiary/aromatic N) is 2. The number of fused-ring (bicyclic) bond motifs is 1. The third-order valence-corrected chi connectivity index (χ3v) is 3.58. The highest BCUT2D eigenvalue weighted by Gasteiger charge is 2.09. The van der Waals surface area contributed by atoms with Crippen LogP contribution in [0.2, 0.25) is 0 Å². The van der Waals surface area contributed by atoms with Crippen molar-refractivity contribution in [1.29, 1.82) is 0 Å². The molecule has 4 nitrogen and oxygen atoms in total. The van der Waals surface area contributed by atoms with Gasteiger partial charge in [-0.2, -0.15) is 5.10 Å². The molecule has 0 bridgehead atoms. The Balaban J connectivity index is 2.19. The van der Waals surface area contributed by atoms with Crippen LogP contribution in [0.4, 0.5) is 5.82 Å². The Bertz CT molecular complexity index is 539. The highest BCUT2D eigenvalue weighted by Crippen LogP contribution is 2.22. The molecule has 0 spiro atoms. The number of hydrogen-bond acceptors (Lipinski definition) is 4. The van der Waals surface area contributed by atoms with E-state index in [0.717, 1.165) is 48.2 Å². The number of nitrogens with one attached hydrogen (secondary N) is 1. The summed E-state index contributed by atoms with van der Waals surface area (Å²) in [5.41, 5.74) is 6.60. The summed E-state index contributed by atoms with van der Waals surface area (Å²) in [5, 5.41) is 14.2. The Morgan fingerprint density at radius 2 is 1.95 bits per heavy atom. The van der Waals surface area contributed by atoms with Gasteiger partial charge in [0, 0.05) is 17.3 Å². The van der Waals surface area contributed by atoms with Gasteiger partial charge in [-0.25, -0.2) is 0 Å². The first-order valence-corrected chi connectivity index (χ1v) is 6.92. The van der Waals surface area contributed by atoms with Crippen LogP contribution in [0.3, 0.4) is 0 Å². The largest absolute Gasteiger partial charge is 0.368 e. The quantitative estimate of drug-likeness (QED) is 0.836. The van der Waals surface area contributed by atoms with Crippen LogP contribution >= 0.6 is 0 Å². The molecule has 1 heterocycles. The van der Waals surface area contributed by atoms with Crippen LogP contribution in [0, 0.1) is 12.8 Å². The van der Waals surface area contributed by atoms with Gasteiger partial charge >= 0.3 is 0 Å². The van der Waals surface area contributed by atoms with Crippen LogP contribution in [-0.4, -0.2) is 23.3 Å². The minimum Gasteiger partial charge on any atom is -0.368 e. The molecule has 0 amide bonds. The van der Waals surface area contributed by atoms with Crippen molar-refractivity contribution < 1.29 is 0 Å². The average molecular weight is 258 g/mol. The molecule has 3 N–H and O–H groups in total. The Labute approximate surface area is 114 Å². The predicted molar refractivity (Wildman–Crippen MR) is 80.2 cm³/mol. The van der Waals surface area contributed by atoms with Gasteiger partial charge in [0.15, 0.2) is 5.82 Å². The van der Waals surface area contributed by atoms with E-state index >= 15 is 0 Å². The molecule has 1 aromatic carbocycles. The van der Waals surface area contributed by atoms with Crippen molar-refractivity contribution in [2.45, 2.75) is 26.7 Å². The average Bonchev–Trinajstić information content (AvgIpc) is 2.45. The standard InChI is InChI=1S/C15H22N4/c1-3-12(8-9-16)10-17-15-14-7-5-4-6-13(14)11(2)18-19-15/h4-7,12H,3,8-10,16H2,1-2H3,(H,17,19). The lowest BCUT2D eigenvalue weighted by atomic mass is 10.0. The van der Waals surface area contributed by atoms with Gasteiger partial charge in [-0.1, -0.05) is 37.6 Å². The Hall–Kier alpha value is -1.68. The highest BCUT2D eigenvalue weighted by molar-refractivity contribution is 5.92. The molecule has 0 saturated heterocycles. The van der Waals surface area contributed by atoms with Gasteiger partial charge in [0.2, 0.25) is 0 Å². The second-order valence-electron chi connectivity index (χ2n) is 4.91. The summed E-state index contributed by atoms with van der Waals surface area (Å²) in [6.45, 7) is 5.82. The molecule has 0 aliphatic rings. The fraction of sp³-hybridized carbons (Fsp3) is 0.467. The molecule has 0 aliphatic heterocycles. The number of nitrogens with two attached hydrogens (primary N) is 1. The monoisotopic (exact) mass is 258 g/mol. The van der Waals surface area contributed by atoms with E-state index in [9.17, 15) is 0 Å². The van der Waals surface area contributed by atoms with Crippen LogP contribution in [0.25, 0.3) is 10.8 Å². The Kier molecular flexibility index (Phi) is 4.68. The first kappa shape index (κ1) is 13.7. The zero-order valence-corrected chi connectivity index (χ0v) is 11.7. The molecule has 2 rings (SSSR count). The van der Waals surface area contributed by atoms with E-state index in [1.807, 2.05) is 19.1 Å². The normalized spacial score (nSPS) is 12.6. The van der Waals surface area contributed by atoms with Gasteiger partial charge in [0.05, 0.1) is 5.69 Å². The van der Waals surface area contributed by atoms with Crippen LogP contribution < -0.4 is 11.1 Å². The molecule has 0 radical (unpaired) electrons. The fourth-order valence-electron chi connectivity index (χ4n) is 2.30. The third kappa shape index (κ3) is 3.20. The van der Waals surface area contributed by atoms with Gasteiger partial charge in [-0.05, 0) is 25.8 Å². The van der Waals surface area contributed by atoms with E-state index in [4.69, 9.17) is 5.73 Å². The minimum atomic E-state index is 0.590. The molecule has 1 atom stereocenters. The maximum atomic E-state index is 5.63. The Morgan fingerprint density at radius 1 is 1.21 bits per heavy atom. The van der Waals surface area contributed by atoms with Crippen LogP contribution in [0.15, 0.2) is 24.3 Å². The first-order valence-electron chi connectivity index (χ1n) is 6.92. The number of aryl methyl sites for hydroxylation is 1. The molecule has 19 heavy (non-hydrogen) atoms. The summed E-state index contributed by atoms with van der Waals surface area (Å²) in [7, 11) is 0. The van der Waals surface area contributed by atoms with Crippen molar-refractivity contribution in [1.82, 2.24) is 10.2 Å². The van der Waals surface area contributed by atoms with Crippen molar-refractivity contribution in [3.63, 3.8) is 0 Å². The van der Waals surface area contributed by atoms with E-state index in [1.54, 1.807) is 0 Å². The number of rotatable bonds is 6. The molecule has 0 aliphatic carbocycles. The molecular formula is C15H22N4. The van der Waals surface area contributed by atoms with Gasteiger partial charge in [0.25, 0.3) is 0 Å². The topological polar surface area (TPSA) is 63.8 Å². The fourth-order valence-corrected chi connectivity index (χ4v) is 2.30. The third-order valence-electron chi connectivity index (χ3n) is 3.58. The van der Waals surface area contributed by atoms with Crippen molar-refractivity contribution in [3.8, 4) is 0 Å². The molecule has 1 unspecified atom stereocenters. The summed E-state index contributed by atoms with van der Waals surface area (Å²) >= 11 is 0. The summed E-state index contributed by atoms with van der Waals surface area (Å²) in [4.78, 5) is 0. The zero-order chi connectivity index (χ0) is 13.7. The lowest BCUT2D eigenvalue weighted by Crippen LogP contribution is -2.18. The van der Waals surface area contributed by atoms with Crippen molar-refractivity contribution >= 4 is 16.6 Å². The second kappa shape index (κ2) is 6.48. The van der Waals surface area contributed by atoms with Crippen LogP contribution in [0.5, 0.6) is 0 Å². The SMILES string of the molecule is CCC(CCN)CNc1nnc(C)c2ccccc12. The lowest BCUT2D eigenvalue weighted by Gasteiger charge is -2.16. The van der Waals surface area contributed by atoms with Gasteiger partial charge in [-0.15, -0.1) is 5.10 Å². The summed E-state index contributed by atoms with van der Waals surface area (Å²) < 4.78 is 0. The molecule has 1 aromatic heterocycles. The number of benzene rings is 1. The first-order chi connectivity index (χ1) is 9.26. The van der Waals surface area contributed by atoms with E-state index in [-0.39, 0.29) is 0 Å². The van der Waals surface area contributed by atoms with Crippen molar-refractivity contribution in [2.24, 2.45) is 11.7 Å². The van der Waals surface area contributed by atoms with Crippen molar-refractivity contribution in [2.75, 3.05) is 18.4 Å². The molecule has 102 valence electrons. The van der Waals surface area contributed by atoms with Gasteiger partial charge in [-0.3, -0.25) is 0 Å². The van der Waals surface area contributed by atoms with Gasteiger partial charge < -0.3 is 11.1 Å². The highest BCUT2D eigenvalue weighted by atomic mass is 15.2. The maximum Gasteiger partial charge on any atom is 0.156 e. The lowest BCUT2D eigenvalue weighted by molar-refractivity contribution is 0.501. The number of aromatic nitrogens is 2.